The highest BCUT2D eigenvalue weighted by Crippen LogP contribution is 2.39. The predicted molar refractivity (Wildman–Crippen MR) is 98.7 cm³/mol. The van der Waals surface area contributed by atoms with Crippen molar-refractivity contribution in [2.75, 3.05) is 5.75 Å². The van der Waals surface area contributed by atoms with Gasteiger partial charge in [-0.05, 0) is 55.9 Å². The monoisotopic (exact) mass is 320 g/mol. The molecule has 0 spiro atoms. The second kappa shape index (κ2) is 8.40. The number of benzene rings is 1. The highest BCUT2D eigenvalue weighted by atomic mass is 32.2. The van der Waals surface area contributed by atoms with Crippen molar-refractivity contribution < 1.29 is 5.11 Å². The molecule has 1 aliphatic rings. The van der Waals surface area contributed by atoms with Crippen molar-refractivity contribution in [2.45, 2.75) is 82.5 Å². The third-order valence-electron chi connectivity index (χ3n) is 4.96. The molecule has 0 unspecified atom stereocenters. The van der Waals surface area contributed by atoms with E-state index >= 15 is 0 Å². The van der Waals surface area contributed by atoms with Crippen molar-refractivity contribution in [3.8, 4) is 0 Å². The van der Waals surface area contributed by atoms with Gasteiger partial charge >= 0.3 is 0 Å². The summed E-state index contributed by atoms with van der Waals surface area (Å²) < 4.78 is -0.123. The van der Waals surface area contributed by atoms with Crippen LogP contribution in [0.4, 0.5) is 0 Å². The van der Waals surface area contributed by atoms with E-state index in [1.165, 1.54) is 50.5 Å². The fourth-order valence-electron chi connectivity index (χ4n) is 3.35. The Balaban J connectivity index is 1.99. The largest absolute Gasteiger partial charge is 0.387 e. The van der Waals surface area contributed by atoms with E-state index < -0.39 is 6.10 Å². The molecule has 124 valence electrons. The highest BCUT2D eigenvalue weighted by Gasteiger charge is 2.29. The van der Waals surface area contributed by atoms with Gasteiger partial charge in [-0.15, -0.1) is 0 Å². The Hall–Kier alpha value is -0.470. The van der Waals surface area contributed by atoms with E-state index in [4.69, 9.17) is 0 Å². The van der Waals surface area contributed by atoms with Gasteiger partial charge in [-0.3, -0.25) is 0 Å². The van der Waals surface area contributed by atoms with E-state index in [9.17, 15) is 5.11 Å². The standard InChI is InChI=1S/C20H32OS/c1-4-5-15-22-20(2,3)19(21)18-13-11-17(12-14-18)16-9-7-6-8-10-16/h11-14,16,19,21H,4-10,15H2,1-3H3/t19-/m1/s1. The van der Waals surface area contributed by atoms with Gasteiger partial charge in [0, 0.05) is 4.75 Å². The van der Waals surface area contributed by atoms with Gasteiger partial charge in [-0.1, -0.05) is 56.9 Å². The number of thioether (sulfide) groups is 1. The molecule has 0 aromatic heterocycles. The molecule has 1 aromatic rings. The summed E-state index contributed by atoms with van der Waals surface area (Å²) in [6.45, 7) is 6.54. The summed E-state index contributed by atoms with van der Waals surface area (Å²) in [4.78, 5) is 0. The lowest BCUT2D eigenvalue weighted by Crippen LogP contribution is -2.26. The molecule has 2 heteroatoms. The predicted octanol–water partition coefficient (Wildman–Crippen LogP) is 6.08. The lowest BCUT2D eigenvalue weighted by Gasteiger charge is -2.31. The highest BCUT2D eigenvalue weighted by molar-refractivity contribution is 8.00. The summed E-state index contributed by atoms with van der Waals surface area (Å²) in [6.07, 6.45) is 8.86. The Labute approximate surface area is 140 Å². The SMILES string of the molecule is CCCCSC(C)(C)[C@H](O)c1ccc(C2CCCCC2)cc1. The molecule has 0 saturated heterocycles. The molecular weight excluding hydrogens is 288 g/mol. The van der Waals surface area contributed by atoms with Crippen LogP contribution in [0.5, 0.6) is 0 Å². The Bertz CT molecular complexity index is 432. The Morgan fingerprint density at radius 1 is 1.14 bits per heavy atom. The molecule has 1 N–H and O–H groups in total. The van der Waals surface area contributed by atoms with Gasteiger partial charge in [0.15, 0.2) is 0 Å². The van der Waals surface area contributed by atoms with E-state index in [0.717, 1.165) is 17.2 Å². The summed E-state index contributed by atoms with van der Waals surface area (Å²) in [5.74, 6) is 1.87. The van der Waals surface area contributed by atoms with Gasteiger partial charge in [0.25, 0.3) is 0 Å². The lowest BCUT2D eigenvalue weighted by atomic mass is 9.83. The molecule has 0 bridgehead atoms. The van der Waals surface area contributed by atoms with Gasteiger partial charge in [-0.2, -0.15) is 11.8 Å². The topological polar surface area (TPSA) is 20.2 Å². The Morgan fingerprint density at radius 2 is 1.77 bits per heavy atom. The summed E-state index contributed by atoms with van der Waals surface area (Å²) in [5.41, 5.74) is 2.53. The number of unbranched alkanes of at least 4 members (excludes halogenated alkanes) is 1. The van der Waals surface area contributed by atoms with Crippen LogP contribution in [0.1, 0.15) is 88.9 Å². The maximum Gasteiger partial charge on any atom is 0.0931 e. The van der Waals surface area contributed by atoms with E-state index in [1.807, 2.05) is 11.8 Å². The van der Waals surface area contributed by atoms with Gasteiger partial charge < -0.3 is 5.11 Å². The first-order valence-corrected chi connectivity index (χ1v) is 9.95. The first-order valence-electron chi connectivity index (χ1n) is 8.96. The molecule has 22 heavy (non-hydrogen) atoms. The summed E-state index contributed by atoms with van der Waals surface area (Å²) >= 11 is 1.89. The van der Waals surface area contributed by atoms with Gasteiger partial charge in [0.2, 0.25) is 0 Å². The second-order valence-electron chi connectivity index (χ2n) is 7.21. The minimum Gasteiger partial charge on any atom is -0.387 e. The van der Waals surface area contributed by atoms with Crippen molar-refractivity contribution in [1.82, 2.24) is 0 Å². The van der Waals surface area contributed by atoms with Crippen molar-refractivity contribution in [2.24, 2.45) is 0 Å². The van der Waals surface area contributed by atoms with E-state index in [1.54, 1.807) is 0 Å². The molecule has 0 heterocycles. The molecule has 0 amide bonds. The Morgan fingerprint density at radius 3 is 2.36 bits per heavy atom. The van der Waals surface area contributed by atoms with Crippen molar-refractivity contribution in [3.05, 3.63) is 35.4 Å². The maximum atomic E-state index is 10.7. The fourth-order valence-corrected chi connectivity index (χ4v) is 4.60. The quantitative estimate of drug-likeness (QED) is 0.614. The van der Waals surface area contributed by atoms with Crippen LogP contribution in [0, 0.1) is 0 Å². The molecule has 1 saturated carbocycles. The molecule has 1 nitrogen and oxygen atoms in total. The van der Waals surface area contributed by atoms with Gasteiger partial charge in [0.1, 0.15) is 0 Å². The second-order valence-corrected chi connectivity index (χ2v) is 8.96. The summed E-state index contributed by atoms with van der Waals surface area (Å²) in [6, 6.07) is 8.80. The third-order valence-corrected chi connectivity index (χ3v) is 6.42. The fraction of sp³-hybridized carbons (Fsp3) is 0.700. The molecule has 1 fully saturated rings. The molecule has 1 aliphatic carbocycles. The summed E-state index contributed by atoms with van der Waals surface area (Å²) in [5, 5.41) is 10.7. The molecule has 0 aliphatic heterocycles. The smallest absolute Gasteiger partial charge is 0.0931 e. The van der Waals surface area contributed by atoms with Crippen LogP contribution in [-0.2, 0) is 0 Å². The summed E-state index contributed by atoms with van der Waals surface area (Å²) in [7, 11) is 0. The van der Waals surface area contributed by atoms with Crippen LogP contribution in [-0.4, -0.2) is 15.6 Å². The lowest BCUT2D eigenvalue weighted by molar-refractivity contribution is 0.144. The van der Waals surface area contributed by atoms with E-state index in [-0.39, 0.29) is 4.75 Å². The van der Waals surface area contributed by atoms with Crippen LogP contribution >= 0.6 is 11.8 Å². The first kappa shape index (κ1) is 17.9. The van der Waals surface area contributed by atoms with Crippen molar-refractivity contribution >= 4 is 11.8 Å². The number of hydrogen-bond acceptors (Lipinski definition) is 2. The van der Waals surface area contributed by atoms with Crippen molar-refractivity contribution in [3.63, 3.8) is 0 Å². The van der Waals surface area contributed by atoms with Crippen LogP contribution < -0.4 is 0 Å². The number of rotatable bonds is 7. The zero-order valence-corrected chi connectivity index (χ0v) is 15.3. The van der Waals surface area contributed by atoms with E-state index in [2.05, 4.69) is 45.0 Å². The number of hydrogen-bond donors (Lipinski definition) is 1. The van der Waals surface area contributed by atoms with Crippen LogP contribution in [0.15, 0.2) is 24.3 Å². The normalized spacial score (nSPS) is 18.4. The maximum absolute atomic E-state index is 10.7. The number of aliphatic hydroxyl groups is 1. The Kier molecular flexibility index (Phi) is 6.83. The minimum absolute atomic E-state index is 0.123. The van der Waals surface area contributed by atoms with Crippen molar-refractivity contribution in [1.29, 1.82) is 0 Å². The minimum atomic E-state index is -0.394. The molecule has 2 rings (SSSR count). The van der Waals surface area contributed by atoms with Gasteiger partial charge in [-0.25, -0.2) is 0 Å². The van der Waals surface area contributed by atoms with E-state index in [0.29, 0.717) is 0 Å². The zero-order chi connectivity index (χ0) is 16.0. The van der Waals surface area contributed by atoms with Gasteiger partial charge in [0.05, 0.1) is 6.10 Å². The van der Waals surface area contributed by atoms with Crippen LogP contribution in [0.25, 0.3) is 0 Å². The molecule has 1 atom stereocenters. The average molecular weight is 321 g/mol. The third kappa shape index (κ3) is 4.76. The molecule has 1 aromatic carbocycles. The number of aliphatic hydroxyl groups excluding tert-OH is 1. The molecule has 0 radical (unpaired) electrons. The zero-order valence-electron chi connectivity index (χ0n) is 14.5. The van der Waals surface area contributed by atoms with Crippen LogP contribution in [0.2, 0.25) is 0 Å². The molecular formula is C20H32OS. The van der Waals surface area contributed by atoms with Crippen LogP contribution in [0.3, 0.4) is 0 Å². The first-order chi connectivity index (χ1) is 10.5. The average Bonchev–Trinajstić information content (AvgIpc) is 2.55.